The van der Waals surface area contributed by atoms with Crippen LogP contribution in [0.3, 0.4) is 0 Å². The Morgan fingerprint density at radius 2 is 2.10 bits per heavy atom. The van der Waals surface area contributed by atoms with Crippen molar-refractivity contribution < 1.29 is 14.3 Å². The molecule has 0 aliphatic rings. The van der Waals surface area contributed by atoms with Gasteiger partial charge in [0, 0.05) is 35.7 Å². The molecule has 0 radical (unpaired) electrons. The molecule has 3 aromatic heterocycles. The van der Waals surface area contributed by atoms with Gasteiger partial charge in [-0.1, -0.05) is 6.92 Å². The lowest BCUT2D eigenvalue weighted by Crippen LogP contribution is -2.37. The Hall–Kier alpha value is -2.62. The number of thiophene rings is 1. The topological polar surface area (TPSA) is 91.2 Å². The molecule has 1 N–H and O–H groups in total. The third-order valence-corrected chi connectivity index (χ3v) is 5.71. The third-order valence-electron chi connectivity index (χ3n) is 4.74. The fourth-order valence-corrected chi connectivity index (χ4v) is 4.16. The van der Waals surface area contributed by atoms with Crippen LogP contribution in [0.4, 0.5) is 0 Å². The molecule has 0 aliphatic carbocycles. The lowest BCUT2D eigenvalue weighted by Gasteiger charge is -2.16. The lowest BCUT2D eigenvalue weighted by molar-refractivity contribution is 0.0889. The van der Waals surface area contributed by atoms with Crippen LogP contribution in [-0.2, 0) is 16.1 Å². The molecule has 0 spiro atoms. The summed E-state index contributed by atoms with van der Waals surface area (Å²) in [7, 11) is 3.19. The van der Waals surface area contributed by atoms with E-state index in [1.54, 1.807) is 36.4 Å². The average Bonchev–Trinajstić information content (AvgIpc) is 3.30. The zero-order valence-electron chi connectivity index (χ0n) is 17.9. The number of rotatable bonds is 9. The van der Waals surface area contributed by atoms with E-state index in [0.29, 0.717) is 23.8 Å². The molecule has 8 nitrogen and oxygen atoms in total. The number of amides is 1. The summed E-state index contributed by atoms with van der Waals surface area (Å²) in [5, 5.41) is 7.37. The molecule has 0 bridgehead atoms. The van der Waals surface area contributed by atoms with Gasteiger partial charge in [0.15, 0.2) is 0 Å². The highest BCUT2D eigenvalue weighted by atomic mass is 32.1. The smallest absolute Gasteiger partial charge is 0.255 e. The van der Waals surface area contributed by atoms with Crippen LogP contribution < -0.4 is 5.32 Å². The monoisotopic (exact) mass is 429 g/mol. The Bertz CT molecular complexity index is 1010. The maximum absolute atomic E-state index is 12.8. The maximum Gasteiger partial charge on any atom is 0.255 e. The number of aromatic nitrogens is 4. The molecule has 30 heavy (non-hydrogen) atoms. The van der Waals surface area contributed by atoms with Crippen LogP contribution in [-0.4, -0.2) is 52.5 Å². The van der Waals surface area contributed by atoms with Crippen LogP contribution in [0.25, 0.3) is 17.2 Å². The normalized spacial score (nSPS) is 12.2. The SMILES string of the molecule is CC[C@@H](COC)NC(=O)c1cnn(-c2nccc(-c3cc(C)sc3C)n2)c1COC. The van der Waals surface area contributed by atoms with Crippen molar-refractivity contribution in [2.75, 3.05) is 20.8 Å². The number of nitrogens with one attached hydrogen (secondary N) is 1. The fraction of sp³-hybridized carbons (Fsp3) is 0.429. The minimum absolute atomic E-state index is 0.0781. The Morgan fingerprint density at radius 1 is 1.30 bits per heavy atom. The van der Waals surface area contributed by atoms with Gasteiger partial charge in [-0.05, 0) is 32.4 Å². The van der Waals surface area contributed by atoms with Crippen molar-refractivity contribution >= 4 is 17.2 Å². The number of carbonyl (C=O) groups excluding carboxylic acids is 1. The number of methoxy groups -OCH3 is 2. The standard InChI is InChI=1S/C21H27N5O3S/c1-6-15(11-28-4)24-20(27)17-10-23-26(19(17)12-29-5)21-22-8-7-18(25-21)16-9-13(2)30-14(16)3/h7-10,15H,6,11-12H2,1-5H3,(H,24,27)/t15-/m0/s1. The Kier molecular flexibility index (Phi) is 7.30. The summed E-state index contributed by atoms with van der Waals surface area (Å²) in [6.45, 7) is 6.79. The van der Waals surface area contributed by atoms with Crippen LogP contribution in [0.2, 0.25) is 0 Å². The highest BCUT2D eigenvalue weighted by Crippen LogP contribution is 2.29. The zero-order chi connectivity index (χ0) is 21.7. The molecule has 0 aromatic carbocycles. The van der Waals surface area contributed by atoms with E-state index in [2.05, 4.69) is 35.3 Å². The second-order valence-corrected chi connectivity index (χ2v) is 8.41. The van der Waals surface area contributed by atoms with Gasteiger partial charge in [-0.2, -0.15) is 9.78 Å². The first kappa shape index (κ1) is 22.1. The highest BCUT2D eigenvalue weighted by Gasteiger charge is 2.22. The summed E-state index contributed by atoms with van der Waals surface area (Å²) in [5.74, 6) is 0.170. The largest absolute Gasteiger partial charge is 0.383 e. The van der Waals surface area contributed by atoms with Crippen molar-refractivity contribution in [3.05, 3.63) is 45.5 Å². The minimum Gasteiger partial charge on any atom is -0.383 e. The van der Waals surface area contributed by atoms with Crippen molar-refractivity contribution in [1.29, 1.82) is 0 Å². The highest BCUT2D eigenvalue weighted by molar-refractivity contribution is 7.12. The summed E-state index contributed by atoms with van der Waals surface area (Å²) in [6.07, 6.45) is 3.99. The van der Waals surface area contributed by atoms with E-state index in [1.807, 2.05) is 13.0 Å². The van der Waals surface area contributed by atoms with E-state index in [4.69, 9.17) is 14.5 Å². The molecular weight excluding hydrogens is 402 g/mol. The predicted octanol–water partition coefficient (Wildman–Crippen LogP) is 3.31. The summed E-state index contributed by atoms with van der Waals surface area (Å²) >= 11 is 1.73. The average molecular weight is 430 g/mol. The number of hydrogen-bond donors (Lipinski definition) is 1. The molecule has 0 aliphatic heterocycles. The third kappa shape index (κ3) is 4.75. The van der Waals surface area contributed by atoms with Gasteiger partial charge in [-0.15, -0.1) is 11.3 Å². The number of carbonyl (C=O) groups is 1. The first-order valence-electron chi connectivity index (χ1n) is 9.74. The van der Waals surface area contributed by atoms with Crippen LogP contribution in [0.15, 0.2) is 24.5 Å². The molecule has 3 rings (SSSR count). The number of ether oxygens (including phenoxy) is 2. The minimum atomic E-state index is -0.224. The van der Waals surface area contributed by atoms with E-state index in [0.717, 1.165) is 17.7 Å². The van der Waals surface area contributed by atoms with Gasteiger partial charge in [-0.25, -0.2) is 9.97 Å². The quantitative estimate of drug-likeness (QED) is 0.561. The molecule has 0 saturated heterocycles. The molecule has 160 valence electrons. The maximum atomic E-state index is 12.8. The van der Waals surface area contributed by atoms with Gasteiger partial charge in [0.2, 0.25) is 0 Å². The van der Waals surface area contributed by atoms with Crippen molar-refractivity contribution in [1.82, 2.24) is 25.1 Å². The van der Waals surface area contributed by atoms with E-state index in [-0.39, 0.29) is 18.6 Å². The van der Waals surface area contributed by atoms with Crippen molar-refractivity contribution in [2.45, 2.75) is 39.8 Å². The number of hydrogen-bond acceptors (Lipinski definition) is 7. The molecular formula is C21H27N5O3S. The molecule has 0 unspecified atom stereocenters. The molecule has 9 heteroatoms. The summed E-state index contributed by atoms with van der Waals surface area (Å²) in [5.41, 5.74) is 2.92. The van der Waals surface area contributed by atoms with Gasteiger partial charge in [0.1, 0.15) is 0 Å². The molecule has 0 fully saturated rings. The molecule has 1 atom stereocenters. The summed E-state index contributed by atoms with van der Waals surface area (Å²) in [4.78, 5) is 24.3. The second-order valence-electron chi connectivity index (χ2n) is 6.95. The molecule has 0 saturated carbocycles. The number of aryl methyl sites for hydroxylation is 2. The first-order chi connectivity index (χ1) is 14.5. The van der Waals surface area contributed by atoms with Crippen LogP contribution in [0, 0.1) is 13.8 Å². The van der Waals surface area contributed by atoms with Crippen molar-refractivity contribution in [3.8, 4) is 17.2 Å². The molecule has 3 aromatic rings. The van der Waals surface area contributed by atoms with Gasteiger partial charge < -0.3 is 14.8 Å². The fourth-order valence-electron chi connectivity index (χ4n) is 3.22. The van der Waals surface area contributed by atoms with E-state index < -0.39 is 0 Å². The van der Waals surface area contributed by atoms with Gasteiger partial charge in [0.25, 0.3) is 11.9 Å². The van der Waals surface area contributed by atoms with Crippen LogP contribution >= 0.6 is 11.3 Å². The summed E-state index contributed by atoms with van der Waals surface area (Å²) < 4.78 is 12.1. The van der Waals surface area contributed by atoms with E-state index >= 15 is 0 Å². The van der Waals surface area contributed by atoms with E-state index in [1.165, 1.54) is 16.0 Å². The molecule has 3 heterocycles. The zero-order valence-corrected chi connectivity index (χ0v) is 18.7. The van der Waals surface area contributed by atoms with Crippen molar-refractivity contribution in [2.24, 2.45) is 0 Å². The van der Waals surface area contributed by atoms with Crippen molar-refractivity contribution in [3.63, 3.8) is 0 Å². The summed E-state index contributed by atoms with van der Waals surface area (Å²) in [6, 6.07) is 3.91. The van der Waals surface area contributed by atoms with Gasteiger partial charge in [-0.3, -0.25) is 4.79 Å². The van der Waals surface area contributed by atoms with Crippen LogP contribution in [0.1, 0.15) is 39.2 Å². The van der Waals surface area contributed by atoms with Crippen LogP contribution in [0.5, 0.6) is 0 Å². The Morgan fingerprint density at radius 3 is 2.73 bits per heavy atom. The second kappa shape index (κ2) is 9.92. The van der Waals surface area contributed by atoms with E-state index in [9.17, 15) is 4.79 Å². The van der Waals surface area contributed by atoms with Gasteiger partial charge in [0.05, 0.1) is 42.4 Å². The Labute approximate surface area is 180 Å². The Balaban J connectivity index is 1.96. The lowest BCUT2D eigenvalue weighted by atomic mass is 10.2. The predicted molar refractivity (Wildman–Crippen MR) is 116 cm³/mol. The molecule has 1 amide bonds. The first-order valence-corrected chi connectivity index (χ1v) is 10.6. The number of nitrogens with zero attached hydrogens (tertiary/aromatic N) is 4. The van der Waals surface area contributed by atoms with Gasteiger partial charge >= 0.3 is 0 Å².